The van der Waals surface area contributed by atoms with Crippen LogP contribution in [-0.4, -0.2) is 37.9 Å². The second-order valence-electron chi connectivity index (χ2n) is 11.8. The lowest BCUT2D eigenvalue weighted by Gasteiger charge is -2.62. The van der Waals surface area contributed by atoms with Gasteiger partial charge in [-0.15, -0.1) is 0 Å². The van der Waals surface area contributed by atoms with E-state index in [0.717, 1.165) is 42.6 Å². The topological polar surface area (TPSA) is 71.1 Å². The Morgan fingerprint density at radius 1 is 1.08 bits per heavy atom. The molecule has 0 spiro atoms. The first-order valence-electron chi connectivity index (χ1n) is 13.8. The molecule has 0 saturated heterocycles. The number of benzene rings is 1. The van der Waals surface area contributed by atoms with E-state index in [1.54, 1.807) is 7.11 Å². The number of rotatable bonds is 10. The summed E-state index contributed by atoms with van der Waals surface area (Å²) in [6.45, 7) is 16.8. The van der Waals surface area contributed by atoms with E-state index in [0.29, 0.717) is 19.6 Å². The normalized spacial score (nSPS) is 29.6. The molecule has 0 amide bonds. The lowest BCUT2D eigenvalue weighted by Crippen LogP contribution is -2.62. The highest BCUT2D eigenvalue weighted by Crippen LogP contribution is 2.63. The zero-order chi connectivity index (χ0) is 28.1. The number of esters is 2. The number of carbonyl (C=O) groups is 2. The lowest BCUT2D eigenvalue weighted by atomic mass is 9.45. The van der Waals surface area contributed by atoms with Gasteiger partial charge in [0.05, 0.1) is 26.4 Å². The third-order valence-corrected chi connectivity index (χ3v) is 9.03. The van der Waals surface area contributed by atoms with E-state index in [4.69, 9.17) is 18.9 Å². The summed E-state index contributed by atoms with van der Waals surface area (Å²) in [6, 6.07) is 7.93. The summed E-state index contributed by atoms with van der Waals surface area (Å²) < 4.78 is 23.7. The van der Waals surface area contributed by atoms with Gasteiger partial charge in [0.15, 0.2) is 0 Å². The van der Waals surface area contributed by atoms with Gasteiger partial charge in [0, 0.05) is 31.6 Å². The summed E-state index contributed by atoms with van der Waals surface area (Å²) in [7, 11) is 1.66. The van der Waals surface area contributed by atoms with Crippen molar-refractivity contribution in [2.45, 2.75) is 92.5 Å². The molecule has 0 bridgehead atoms. The Balaban J connectivity index is 2.01. The molecule has 2 fully saturated rings. The minimum atomic E-state index is -0.452. The smallest absolute Gasteiger partial charge is 0.302 e. The van der Waals surface area contributed by atoms with Crippen LogP contribution in [0.1, 0.15) is 79.2 Å². The van der Waals surface area contributed by atoms with Gasteiger partial charge in [0.25, 0.3) is 0 Å². The Kier molecular flexibility index (Phi) is 9.85. The van der Waals surface area contributed by atoms with Crippen LogP contribution in [0.3, 0.4) is 0 Å². The van der Waals surface area contributed by atoms with Gasteiger partial charge in [-0.2, -0.15) is 0 Å². The van der Waals surface area contributed by atoms with Gasteiger partial charge in [-0.25, -0.2) is 0 Å². The van der Waals surface area contributed by atoms with Crippen LogP contribution in [0.2, 0.25) is 0 Å². The number of hydrogen-bond acceptors (Lipinski definition) is 6. The number of carbonyl (C=O) groups excluding carboxylic acids is 2. The van der Waals surface area contributed by atoms with Crippen LogP contribution < -0.4 is 4.74 Å². The van der Waals surface area contributed by atoms with Crippen molar-refractivity contribution in [3.8, 4) is 5.75 Å². The van der Waals surface area contributed by atoms with E-state index in [9.17, 15) is 9.59 Å². The molecule has 0 aromatic heterocycles. The van der Waals surface area contributed by atoms with Crippen molar-refractivity contribution < 1.29 is 28.5 Å². The van der Waals surface area contributed by atoms with Crippen LogP contribution in [0.5, 0.6) is 5.75 Å². The lowest BCUT2D eigenvalue weighted by molar-refractivity contribution is -0.215. The Labute approximate surface area is 228 Å². The minimum Gasteiger partial charge on any atom is -0.497 e. The largest absolute Gasteiger partial charge is 0.497 e. The van der Waals surface area contributed by atoms with Crippen LogP contribution >= 0.6 is 0 Å². The second kappa shape index (κ2) is 12.5. The molecule has 2 aliphatic carbocycles. The van der Waals surface area contributed by atoms with Crippen LogP contribution in [0.15, 0.2) is 48.1 Å². The van der Waals surface area contributed by atoms with E-state index in [1.807, 2.05) is 24.3 Å². The van der Waals surface area contributed by atoms with Gasteiger partial charge >= 0.3 is 11.9 Å². The van der Waals surface area contributed by atoms with Gasteiger partial charge in [0.1, 0.15) is 11.9 Å². The van der Waals surface area contributed by atoms with Crippen LogP contribution in [-0.2, 0) is 30.4 Å². The standard InChI is InChI=1S/C32H46O6/c1-21(2)9-16-30(38-24(5)34)32(7)28-15-10-22(3)27(20-36-23(4)33)31(28,6)18-17-29(32)37-19-25-11-13-26(35-8)14-12-25/h9,11-14,27-30H,3,10,15-20H2,1-2,4-8H3/t27-,28+,29-,30+,31+,32-/m0/s1. The Morgan fingerprint density at radius 3 is 2.34 bits per heavy atom. The van der Waals surface area contributed by atoms with Gasteiger partial charge in [-0.3, -0.25) is 9.59 Å². The molecule has 2 saturated carbocycles. The highest BCUT2D eigenvalue weighted by atomic mass is 16.5. The fraction of sp³-hybridized carbons (Fsp3) is 0.625. The molecule has 0 heterocycles. The van der Waals surface area contributed by atoms with Gasteiger partial charge in [-0.1, -0.05) is 49.8 Å². The summed E-state index contributed by atoms with van der Waals surface area (Å²) in [5, 5.41) is 0. The van der Waals surface area contributed by atoms with Crippen molar-refractivity contribution in [3.63, 3.8) is 0 Å². The Hall–Kier alpha value is -2.60. The maximum Gasteiger partial charge on any atom is 0.302 e. The van der Waals surface area contributed by atoms with Crippen molar-refractivity contribution in [1.82, 2.24) is 0 Å². The first kappa shape index (κ1) is 29.9. The number of hydrogen-bond donors (Lipinski definition) is 0. The first-order chi connectivity index (χ1) is 17.9. The quantitative estimate of drug-likeness (QED) is 0.246. The monoisotopic (exact) mass is 526 g/mol. The van der Waals surface area contributed by atoms with Gasteiger partial charge in [-0.05, 0) is 68.6 Å². The predicted molar refractivity (Wildman–Crippen MR) is 149 cm³/mol. The Bertz CT molecular complexity index is 1020. The summed E-state index contributed by atoms with van der Waals surface area (Å²) in [5.41, 5.74) is 2.78. The van der Waals surface area contributed by atoms with E-state index < -0.39 is 5.41 Å². The molecule has 0 aliphatic heterocycles. The molecule has 3 rings (SSSR count). The summed E-state index contributed by atoms with van der Waals surface area (Å²) in [4.78, 5) is 24.1. The highest BCUT2D eigenvalue weighted by molar-refractivity contribution is 5.66. The van der Waals surface area contributed by atoms with E-state index in [1.165, 1.54) is 19.4 Å². The van der Waals surface area contributed by atoms with Crippen molar-refractivity contribution >= 4 is 11.9 Å². The van der Waals surface area contributed by atoms with Crippen molar-refractivity contribution in [1.29, 1.82) is 0 Å². The van der Waals surface area contributed by atoms with E-state index in [-0.39, 0.29) is 41.4 Å². The molecule has 210 valence electrons. The highest BCUT2D eigenvalue weighted by Gasteiger charge is 2.62. The average Bonchev–Trinajstić information content (AvgIpc) is 2.85. The molecule has 1 aromatic carbocycles. The summed E-state index contributed by atoms with van der Waals surface area (Å²) >= 11 is 0. The number of methoxy groups -OCH3 is 1. The number of ether oxygens (including phenoxy) is 4. The van der Waals surface area contributed by atoms with Crippen LogP contribution in [0, 0.1) is 22.7 Å². The SMILES string of the molecule is C=C1CC[C@@H]2[C@](C)(CC[C@H](OCc3ccc(OC)cc3)[C@@]2(C)[C@@H](CC=C(C)C)OC(C)=O)[C@H]1COC(C)=O. The molecular weight excluding hydrogens is 480 g/mol. The van der Waals surface area contributed by atoms with E-state index in [2.05, 4.69) is 40.3 Å². The molecule has 1 aromatic rings. The molecule has 0 radical (unpaired) electrons. The predicted octanol–water partition coefficient (Wildman–Crippen LogP) is 6.82. The zero-order valence-electron chi connectivity index (χ0n) is 24.3. The number of fused-ring (bicyclic) bond motifs is 1. The van der Waals surface area contributed by atoms with Crippen molar-refractivity contribution in [3.05, 3.63) is 53.6 Å². The summed E-state index contributed by atoms with van der Waals surface area (Å²) in [6.07, 6.45) is 5.84. The second-order valence-corrected chi connectivity index (χ2v) is 11.8. The number of allylic oxidation sites excluding steroid dienone is 1. The van der Waals surface area contributed by atoms with Crippen molar-refractivity contribution in [2.24, 2.45) is 22.7 Å². The molecule has 0 unspecified atom stereocenters. The Morgan fingerprint density at radius 2 is 1.76 bits per heavy atom. The van der Waals surface area contributed by atoms with E-state index >= 15 is 0 Å². The third kappa shape index (κ3) is 6.51. The molecular formula is C32H46O6. The minimum absolute atomic E-state index is 0.0495. The maximum absolute atomic E-state index is 12.4. The fourth-order valence-electron chi connectivity index (χ4n) is 6.98. The molecule has 0 N–H and O–H groups in total. The zero-order valence-corrected chi connectivity index (χ0v) is 24.3. The maximum atomic E-state index is 12.4. The molecule has 6 atom stereocenters. The van der Waals surface area contributed by atoms with Crippen LogP contribution in [0.4, 0.5) is 0 Å². The molecule has 6 heteroatoms. The fourth-order valence-corrected chi connectivity index (χ4v) is 6.98. The average molecular weight is 527 g/mol. The third-order valence-electron chi connectivity index (χ3n) is 9.03. The molecule has 2 aliphatic rings. The molecule has 6 nitrogen and oxygen atoms in total. The summed E-state index contributed by atoms with van der Waals surface area (Å²) in [5.74, 6) is 0.490. The first-order valence-corrected chi connectivity index (χ1v) is 13.8. The molecule has 38 heavy (non-hydrogen) atoms. The van der Waals surface area contributed by atoms with Gasteiger partial charge in [0.2, 0.25) is 0 Å². The van der Waals surface area contributed by atoms with Crippen molar-refractivity contribution in [2.75, 3.05) is 13.7 Å². The van der Waals surface area contributed by atoms with Gasteiger partial charge < -0.3 is 18.9 Å². The van der Waals surface area contributed by atoms with Crippen LogP contribution in [0.25, 0.3) is 0 Å².